The first-order valence-corrected chi connectivity index (χ1v) is 9.99. The number of amides is 1. The third-order valence-electron chi connectivity index (χ3n) is 7.62. The first-order chi connectivity index (χ1) is 11.6. The Balaban J connectivity index is 1.36. The van der Waals surface area contributed by atoms with E-state index in [1.54, 1.807) is 0 Å². The minimum atomic E-state index is 0.221. The van der Waals surface area contributed by atoms with E-state index in [2.05, 4.69) is 36.1 Å². The van der Waals surface area contributed by atoms with E-state index >= 15 is 0 Å². The Labute approximate surface area is 145 Å². The molecule has 0 N–H and O–H groups in total. The fourth-order valence-corrected chi connectivity index (χ4v) is 6.90. The normalized spacial score (nSPS) is 40.5. The molecule has 1 amide bonds. The van der Waals surface area contributed by atoms with Gasteiger partial charge in [-0.1, -0.05) is 24.3 Å². The Morgan fingerprint density at radius 2 is 1.67 bits per heavy atom. The van der Waals surface area contributed by atoms with E-state index in [1.165, 1.54) is 49.7 Å². The summed E-state index contributed by atoms with van der Waals surface area (Å²) in [5, 5.41) is 0. The largest absolute Gasteiger partial charge is 0.337 e. The third-order valence-corrected chi connectivity index (χ3v) is 7.62. The van der Waals surface area contributed by atoms with Crippen LogP contribution in [0.15, 0.2) is 24.3 Å². The highest BCUT2D eigenvalue weighted by Crippen LogP contribution is 2.58. The average molecular weight is 323 g/mol. The molecule has 6 rings (SSSR count). The minimum Gasteiger partial charge on any atom is -0.337 e. The van der Waals surface area contributed by atoms with E-state index in [9.17, 15) is 4.79 Å². The van der Waals surface area contributed by atoms with Gasteiger partial charge in [-0.2, -0.15) is 0 Å². The molecular weight excluding hydrogens is 294 g/mol. The maximum absolute atomic E-state index is 13.3. The van der Waals surface area contributed by atoms with E-state index in [0.29, 0.717) is 5.91 Å². The Morgan fingerprint density at radius 1 is 1.04 bits per heavy atom. The van der Waals surface area contributed by atoms with E-state index in [1.807, 2.05) is 0 Å². The minimum absolute atomic E-state index is 0.221. The lowest BCUT2D eigenvalue weighted by Crippen LogP contribution is -2.60. The van der Waals surface area contributed by atoms with Crippen molar-refractivity contribution in [3.8, 4) is 0 Å². The molecule has 0 aromatic heterocycles. The van der Waals surface area contributed by atoms with Crippen LogP contribution in [0.2, 0.25) is 0 Å². The van der Waals surface area contributed by atoms with Crippen LogP contribution in [0.4, 0.5) is 0 Å². The number of benzene rings is 1. The molecule has 2 nitrogen and oxygen atoms in total. The van der Waals surface area contributed by atoms with Crippen molar-refractivity contribution in [3.63, 3.8) is 0 Å². The second kappa shape index (κ2) is 5.34. The number of nitrogens with zero attached hydrogens (tertiary/aromatic N) is 1. The quantitative estimate of drug-likeness (QED) is 0.809. The second-order valence-electron chi connectivity index (χ2n) is 9.25. The van der Waals surface area contributed by atoms with Gasteiger partial charge in [0.25, 0.3) is 0 Å². The molecule has 1 saturated heterocycles. The summed E-state index contributed by atoms with van der Waals surface area (Å²) >= 11 is 0. The standard InChI is InChI=1S/C22H29NO/c1-15-4-2-3-5-19(15)11-20-6-7-23(21(20)24)22-12-16-8-17(13-22)10-18(9-16)14-22/h2-5,16-18,20H,6-14H2,1H3. The topological polar surface area (TPSA) is 20.3 Å². The van der Waals surface area contributed by atoms with Crippen molar-refractivity contribution >= 4 is 5.91 Å². The van der Waals surface area contributed by atoms with Crippen molar-refractivity contribution in [1.29, 1.82) is 0 Å². The van der Waals surface area contributed by atoms with Gasteiger partial charge in [0, 0.05) is 18.0 Å². The molecule has 1 atom stereocenters. The molecule has 5 aliphatic rings. The molecular formula is C22H29NO. The highest BCUT2D eigenvalue weighted by Gasteiger charge is 2.56. The number of hydrogen-bond donors (Lipinski definition) is 0. The van der Waals surface area contributed by atoms with Gasteiger partial charge in [-0.15, -0.1) is 0 Å². The van der Waals surface area contributed by atoms with Gasteiger partial charge >= 0.3 is 0 Å². The summed E-state index contributed by atoms with van der Waals surface area (Å²) in [6, 6.07) is 8.58. The van der Waals surface area contributed by atoms with Crippen LogP contribution in [-0.4, -0.2) is 22.9 Å². The predicted octanol–water partition coefficient (Wildman–Crippen LogP) is 4.35. The lowest BCUT2D eigenvalue weighted by Gasteiger charge is -2.60. The molecule has 4 bridgehead atoms. The first kappa shape index (κ1) is 15.0. The Kier molecular flexibility index (Phi) is 3.34. The van der Waals surface area contributed by atoms with Crippen molar-refractivity contribution in [2.45, 2.75) is 63.8 Å². The smallest absolute Gasteiger partial charge is 0.226 e. The fourth-order valence-electron chi connectivity index (χ4n) is 6.90. The molecule has 1 unspecified atom stereocenters. The zero-order valence-corrected chi connectivity index (χ0v) is 14.8. The number of rotatable bonds is 3. The van der Waals surface area contributed by atoms with Crippen molar-refractivity contribution in [3.05, 3.63) is 35.4 Å². The maximum Gasteiger partial charge on any atom is 0.226 e. The number of aryl methyl sites for hydroxylation is 1. The second-order valence-corrected chi connectivity index (χ2v) is 9.25. The summed E-state index contributed by atoms with van der Waals surface area (Å²) in [4.78, 5) is 15.6. The molecule has 4 aliphatic carbocycles. The molecule has 0 radical (unpaired) electrons. The zero-order valence-electron chi connectivity index (χ0n) is 14.8. The van der Waals surface area contributed by atoms with Gasteiger partial charge in [0.1, 0.15) is 0 Å². The van der Waals surface area contributed by atoms with E-state index in [4.69, 9.17) is 0 Å². The van der Waals surface area contributed by atoms with Crippen molar-refractivity contribution in [2.75, 3.05) is 6.54 Å². The number of carbonyl (C=O) groups is 1. The fraction of sp³-hybridized carbons (Fsp3) is 0.682. The van der Waals surface area contributed by atoms with Gasteiger partial charge in [0.15, 0.2) is 0 Å². The Morgan fingerprint density at radius 3 is 2.29 bits per heavy atom. The molecule has 2 heteroatoms. The summed E-state index contributed by atoms with van der Waals surface area (Å²) in [7, 11) is 0. The number of carbonyl (C=O) groups excluding carboxylic acids is 1. The van der Waals surface area contributed by atoms with Gasteiger partial charge in [0.2, 0.25) is 5.91 Å². The SMILES string of the molecule is Cc1ccccc1CC1CCN(C23CC4CC(CC(C4)C2)C3)C1=O. The van der Waals surface area contributed by atoms with Gasteiger partial charge in [-0.05, 0) is 87.2 Å². The van der Waals surface area contributed by atoms with Crippen LogP contribution in [0, 0.1) is 30.6 Å². The van der Waals surface area contributed by atoms with Gasteiger partial charge in [-0.3, -0.25) is 4.79 Å². The monoisotopic (exact) mass is 323 g/mol. The average Bonchev–Trinajstić information content (AvgIpc) is 2.90. The molecule has 5 fully saturated rings. The van der Waals surface area contributed by atoms with Crippen LogP contribution >= 0.6 is 0 Å². The predicted molar refractivity (Wildman–Crippen MR) is 95.6 cm³/mol. The summed E-state index contributed by atoms with van der Waals surface area (Å²) in [6.45, 7) is 3.19. The van der Waals surface area contributed by atoms with Crippen molar-refractivity contribution < 1.29 is 4.79 Å². The van der Waals surface area contributed by atoms with Crippen LogP contribution < -0.4 is 0 Å². The highest BCUT2D eigenvalue weighted by atomic mass is 16.2. The maximum atomic E-state index is 13.3. The lowest BCUT2D eigenvalue weighted by atomic mass is 9.52. The molecule has 1 heterocycles. The zero-order chi connectivity index (χ0) is 16.3. The van der Waals surface area contributed by atoms with Crippen LogP contribution in [0.5, 0.6) is 0 Å². The van der Waals surface area contributed by atoms with E-state index in [-0.39, 0.29) is 11.5 Å². The summed E-state index contributed by atoms with van der Waals surface area (Å²) < 4.78 is 0. The lowest BCUT2D eigenvalue weighted by molar-refractivity contribution is -0.147. The van der Waals surface area contributed by atoms with Crippen LogP contribution in [-0.2, 0) is 11.2 Å². The molecule has 0 spiro atoms. The Bertz CT molecular complexity index is 628. The highest BCUT2D eigenvalue weighted by molar-refractivity contribution is 5.82. The molecule has 24 heavy (non-hydrogen) atoms. The molecule has 1 aromatic rings. The van der Waals surface area contributed by atoms with Gasteiger partial charge < -0.3 is 4.90 Å². The van der Waals surface area contributed by atoms with Crippen molar-refractivity contribution in [1.82, 2.24) is 4.90 Å². The van der Waals surface area contributed by atoms with E-state index < -0.39 is 0 Å². The van der Waals surface area contributed by atoms with Crippen LogP contribution in [0.1, 0.15) is 56.1 Å². The molecule has 128 valence electrons. The third kappa shape index (κ3) is 2.25. The van der Waals surface area contributed by atoms with Gasteiger partial charge in [0.05, 0.1) is 0 Å². The van der Waals surface area contributed by atoms with Gasteiger partial charge in [-0.25, -0.2) is 0 Å². The molecule has 1 aromatic carbocycles. The van der Waals surface area contributed by atoms with Crippen molar-refractivity contribution in [2.24, 2.45) is 23.7 Å². The van der Waals surface area contributed by atoms with Crippen LogP contribution in [0.3, 0.4) is 0 Å². The summed E-state index contributed by atoms with van der Waals surface area (Å²) in [5.74, 6) is 3.44. The Hall–Kier alpha value is -1.31. The molecule has 4 saturated carbocycles. The molecule has 1 aliphatic heterocycles. The summed E-state index contributed by atoms with van der Waals surface area (Å²) in [5.41, 5.74) is 2.95. The summed E-state index contributed by atoms with van der Waals surface area (Å²) in [6.07, 6.45) is 10.3. The van der Waals surface area contributed by atoms with E-state index in [0.717, 1.165) is 37.1 Å². The number of likely N-dealkylation sites (tertiary alicyclic amines) is 1. The number of hydrogen-bond acceptors (Lipinski definition) is 1. The first-order valence-electron chi connectivity index (χ1n) is 9.99. The van der Waals surface area contributed by atoms with Crippen LogP contribution in [0.25, 0.3) is 0 Å².